The summed E-state index contributed by atoms with van der Waals surface area (Å²) in [5.41, 5.74) is 0.193. The van der Waals surface area contributed by atoms with Crippen LogP contribution in [0.25, 0.3) is 0 Å². The maximum atomic E-state index is 12.7. The molecule has 0 spiro atoms. The largest absolute Gasteiger partial charge is 0.349 e. The molecule has 0 bridgehead atoms. The first-order valence-corrected chi connectivity index (χ1v) is 10.6. The summed E-state index contributed by atoms with van der Waals surface area (Å²) in [7, 11) is -3.67. The molecule has 25 heavy (non-hydrogen) atoms. The molecule has 0 saturated heterocycles. The number of halogens is 1. The summed E-state index contributed by atoms with van der Waals surface area (Å²) in [6.07, 6.45) is 3.18. The van der Waals surface area contributed by atoms with Gasteiger partial charge in [-0.05, 0) is 50.3 Å². The Hall–Kier alpha value is -1.11. The van der Waals surface area contributed by atoms with E-state index in [1.807, 2.05) is 0 Å². The van der Waals surface area contributed by atoms with Gasteiger partial charge >= 0.3 is 0 Å². The first-order valence-electron chi connectivity index (χ1n) is 8.74. The quantitative estimate of drug-likeness (QED) is 0.812. The minimum atomic E-state index is -3.67. The molecule has 2 rings (SSSR count). The molecule has 1 aliphatic carbocycles. The van der Waals surface area contributed by atoms with Crippen molar-refractivity contribution >= 4 is 27.5 Å². The van der Waals surface area contributed by atoms with Crippen LogP contribution in [0.1, 0.15) is 57.3 Å². The van der Waals surface area contributed by atoms with Crippen molar-refractivity contribution in [3.8, 4) is 0 Å². The highest BCUT2D eigenvalue weighted by atomic mass is 35.5. The Morgan fingerprint density at radius 2 is 1.92 bits per heavy atom. The molecule has 140 valence electrons. The molecule has 0 aromatic heterocycles. The number of rotatable bonds is 5. The lowest BCUT2D eigenvalue weighted by Crippen LogP contribution is -2.43. The zero-order valence-corrected chi connectivity index (χ0v) is 16.7. The van der Waals surface area contributed by atoms with E-state index < -0.39 is 10.0 Å². The molecule has 2 N–H and O–H groups in total. The topological polar surface area (TPSA) is 75.3 Å². The van der Waals surface area contributed by atoms with Gasteiger partial charge in [0.1, 0.15) is 0 Å². The Balaban J connectivity index is 2.23. The number of nitrogens with one attached hydrogen (secondary N) is 2. The standard InChI is InChI=1S/C18H27ClN2O3S/c1-11(2)21-25(23,24)14-8-9-16(19)15(10-14)18(22)20-17-7-5-6-12(3)13(17)4/h8-13,17,21H,5-7H2,1-4H3,(H,20,22). The highest BCUT2D eigenvalue weighted by molar-refractivity contribution is 7.89. The van der Waals surface area contributed by atoms with E-state index in [1.54, 1.807) is 13.8 Å². The van der Waals surface area contributed by atoms with E-state index >= 15 is 0 Å². The highest BCUT2D eigenvalue weighted by Gasteiger charge is 2.29. The third-order valence-corrected chi connectivity index (χ3v) is 6.89. The van der Waals surface area contributed by atoms with Crippen LogP contribution in [0.2, 0.25) is 5.02 Å². The van der Waals surface area contributed by atoms with Gasteiger partial charge in [0.25, 0.3) is 5.91 Å². The van der Waals surface area contributed by atoms with Gasteiger partial charge in [-0.2, -0.15) is 0 Å². The molecule has 1 aliphatic rings. The molecule has 7 heteroatoms. The summed E-state index contributed by atoms with van der Waals surface area (Å²) in [6.45, 7) is 7.82. The van der Waals surface area contributed by atoms with Crippen LogP contribution >= 0.6 is 11.6 Å². The molecule has 0 radical (unpaired) electrons. The molecule has 1 fully saturated rings. The van der Waals surface area contributed by atoms with Gasteiger partial charge in [0.15, 0.2) is 0 Å². The molecule has 5 nitrogen and oxygen atoms in total. The summed E-state index contributed by atoms with van der Waals surface area (Å²) >= 11 is 6.15. The molecular weight excluding hydrogens is 360 g/mol. The Labute approximate surface area is 155 Å². The van der Waals surface area contributed by atoms with Crippen molar-refractivity contribution in [2.24, 2.45) is 11.8 Å². The number of amides is 1. The van der Waals surface area contributed by atoms with Crippen molar-refractivity contribution in [1.29, 1.82) is 0 Å². The smallest absolute Gasteiger partial charge is 0.253 e. The van der Waals surface area contributed by atoms with E-state index in [4.69, 9.17) is 11.6 Å². The Kier molecular flexibility index (Phi) is 6.51. The van der Waals surface area contributed by atoms with Crippen LogP contribution in [0, 0.1) is 11.8 Å². The monoisotopic (exact) mass is 386 g/mol. The van der Waals surface area contributed by atoms with Crippen molar-refractivity contribution < 1.29 is 13.2 Å². The van der Waals surface area contributed by atoms with Crippen LogP contribution in [0.15, 0.2) is 23.1 Å². The van der Waals surface area contributed by atoms with Crippen LogP contribution in [-0.4, -0.2) is 26.4 Å². The Morgan fingerprint density at radius 3 is 2.56 bits per heavy atom. The maximum Gasteiger partial charge on any atom is 0.253 e. The van der Waals surface area contributed by atoms with E-state index in [2.05, 4.69) is 23.9 Å². The highest BCUT2D eigenvalue weighted by Crippen LogP contribution is 2.30. The zero-order valence-electron chi connectivity index (χ0n) is 15.2. The minimum Gasteiger partial charge on any atom is -0.349 e. The summed E-state index contributed by atoms with van der Waals surface area (Å²) in [5, 5.41) is 3.28. The van der Waals surface area contributed by atoms with Crippen molar-refractivity contribution in [3.05, 3.63) is 28.8 Å². The van der Waals surface area contributed by atoms with E-state index in [9.17, 15) is 13.2 Å². The molecule has 3 unspecified atom stereocenters. The van der Waals surface area contributed by atoms with Gasteiger partial charge in [0, 0.05) is 12.1 Å². The van der Waals surface area contributed by atoms with Crippen molar-refractivity contribution in [3.63, 3.8) is 0 Å². The second-order valence-corrected chi connectivity index (χ2v) is 9.39. The summed E-state index contributed by atoms with van der Waals surface area (Å²) in [4.78, 5) is 12.7. The van der Waals surface area contributed by atoms with Gasteiger partial charge in [0.05, 0.1) is 15.5 Å². The molecule has 1 saturated carbocycles. The van der Waals surface area contributed by atoms with E-state index in [-0.39, 0.29) is 33.5 Å². The van der Waals surface area contributed by atoms with Crippen LogP contribution in [0.3, 0.4) is 0 Å². The fraction of sp³-hybridized carbons (Fsp3) is 0.611. The third kappa shape index (κ3) is 4.96. The summed E-state index contributed by atoms with van der Waals surface area (Å²) in [5.74, 6) is 0.611. The van der Waals surface area contributed by atoms with Gasteiger partial charge in [-0.15, -0.1) is 0 Å². The molecule has 1 aromatic carbocycles. The second kappa shape index (κ2) is 8.06. The molecular formula is C18H27ClN2O3S. The number of hydrogen-bond acceptors (Lipinski definition) is 3. The number of sulfonamides is 1. The number of carbonyl (C=O) groups is 1. The van der Waals surface area contributed by atoms with E-state index in [1.165, 1.54) is 24.6 Å². The van der Waals surface area contributed by atoms with Gasteiger partial charge in [-0.25, -0.2) is 13.1 Å². The van der Waals surface area contributed by atoms with Crippen LogP contribution in [-0.2, 0) is 10.0 Å². The SMILES string of the molecule is CC(C)NS(=O)(=O)c1ccc(Cl)c(C(=O)NC2CCCC(C)C2C)c1. The number of carbonyl (C=O) groups excluding carboxylic acids is 1. The number of benzene rings is 1. The van der Waals surface area contributed by atoms with Crippen LogP contribution < -0.4 is 10.0 Å². The van der Waals surface area contributed by atoms with Gasteiger partial charge in [0.2, 0.25) is 10.0 Å². The normalized spacial score (nSPS) is 24.3. The number of hydrogen-bond donors (Lipinski definition) is 2. The average molecular weight is 387 g/mol. The first kappa shape index (κ1) is 20.2. The third-order valence-electron chi connectivity index (χ3n) is 4.91. The van der Waals surface area contributed by atoms with Gasteiger partial charge in [-0.1, -0.05) is 38.3 Å². The van der Waals surface area contributed by atoms with Crippen molar-refractivity contribution in [2.75, 3.05) is 0 Å². The van der Waals surface area contributed by atoms with E-state index in [0.717, 1.165) is 12.8 Å². The molecule has 0 aliphatic heterocycles. The van der Waals surface area contributed by atoms with Crippen LogP contribution in [0.5, 0.6) is 0 Å². The minimum absolute atomic E-state index is 0.0424. The average Bonchev–Trinajstić information content (AvgIpc) is 2.50. The van der Waals surface area contributed by atoms with Crippen LogP contribution in [0.4, 0.5) is 0 Å². The first-order chi connectivity index (χ1) is 11.6. The Bertz CT molecular complexity index is 734. The lowest BCUT2D eigenvalue weighted by molar-refractivity contribution is 0.0891. The lowest BCUT2D eigenvalue weighted by Gasteiger charge is -2.34. The second-order valence-electron chi connectivity index (χ2n) is 7.26. The summed E-state index contributed by atoms with van der Waals surface area (Å²) < 4.78 is 27.2. The zero-order chi connectivity index (χ0) is 18.8. The van der Waals surface area contributed by atoms with E-state index in [0.29, 0.717) is 11.8 Å². The van der Waals surface area contributed by atoms with Gasteiger partial charge < -0.3 is 5.32 Å². The van der Waals surface area contributed by atoms with Gasteiger partial charge in [-0.3, -0.25) is 4.79 Å². The predicted octanol–water partition coefficient (Wildman–Crippen LogP) is 3.58. The van der Waals surface area contributed by atoms with Crippen molar-refractivity contribution in [2.45, 2.75) is 63.9 Å². The Morgan fingerprint density at radius 1 is 1.24 bits per heavy atom. The predicted molar refractivity (Wildman–Crippen MR) is 100 cm³/mol. The molecule has 1 amide bonds. The molecule has 0 heterocycles. The fourth-order valence-electron chi connectivity index (χ4n) is 3.26. The fourth-order valence-corrected chi connectivity index (χ4v) is 4.74. The maximum absolute atomic E-state index is 12.7. The van der Waals surface area contributed by atoms with Crippen molar-refractivity contribution in [1.82, 2.24) is 10.0 Å². The molecule has 3 atom stereocenters. The summed E-state index contributed by atoms with van der Waals surface area (Å²) in [6, 6.07) is 4.07. The lowest BCUT2D eigenvalue weighted by atomic mass is 9.78. The molecule has 1 aromatic rings.